The average molecular weight is 311 g/mol. The number of esters is 1. The number of rotatable bonds is 9. The summed E-state index contributed by atoms with van der Waals surface area (Å²) in [7, 11) is 0. The Hall–Kier alpha value is -0.700. The highest BCUT2D eigenvalue weighted by Gasteiger charge is 2.48. The van der Waals surface area contributed by atoms with Crippen LogP contribution in [0.3, 0.4) is 0 Å². The van der Waals surface area contributed by atoms with Gasteiger partial charge in [-0.05, 0) is 59.8 Å². The maximum atomic E-state index is 11.3. The van der Waals surface area contributed by atoms with Gasteiger partial charge in [-0.25, -0.2) is 4.79 Å². The topological polar surface area (TPSA) is 26.3 Å². The SMILES string of the molecule is CCOC(=O)C=C(C)CCC=C(C)CCC1SC1(C)CC. The fourth-order valence-corrected chi connectivity index (χ4v) is 3.70. The molecule has 1 saturated heterocycles. The van der Waals surface area contributed by atoms with Gasteiger partial charge in [0.05, 0.1) is 6.61 Å². The van der Waals surface area contributed by atoms with Crippen molar-refractivity contribution in [2.75, 3.05) is 6.61 Å². The Labute approximate surface area is 134 Å². The lowest BCUT2D eigenvalue weighted by Crippen LogP contribution is -2.06. The van der Waals surface area contributed by atoms with Crippen LogP contribution in [0.5, 0.6) is 0 Å². The molecule has 0 saturated carbocycles. The summed E-state index contributed by atoms with van der Waals surface area (Å²) in [6, 6.07) is 0. The van der Waals surface area contributed by atoms with Gasteiger partial charge in [0, 0.05) is 16.1 Å². The molecule has 0 spiro atoms. The van der Waals surface area contributed by atoms with Crippen molar-refractivity contribution in [2.24, 2.45) is 0 Å². The van der Waals surface area contributed by atoms with E-state index in [4.69, 9.17) is 4.74 Å². The van der Waals surface area contributed by atoms with Gasteiger partial charge in [-0.2, -0.15) is 0 Å². The standard InChI is InChI=1S/C18H30O2S/c1-6-18(5)16(21-18)12-11-14(3)9-8-10-15(4)13-17(19)20-7-2/h9,13,16H,6-8,10-12H2,1-5H3. The van der Waals surface area contributed by atoms with E-state index in [1.165, 1.54) is 24.8 Å². The molecule has 0 aliphatic carbocycles. The van der Waals surface area contributed by atoms with Gasteiger partial charge in [-0.15, -0.1) is 11.8 Å². The predicted molar refractivity (Wildman–Crippen MR) is 92.7 cm³/mol. The first-order chi connectivity index (χ1) is 9.91. The van der Waals surface area contributed by atoms with Crippen LogP contribution in [0.1, 0.15) is 66.7 Å². The summed E-state index contributed by atoms with van der Waals surface area (Å²) in [4.78, 5) is 11.3. The van der Waals surface area contributed by atoms with Crippen LogP contribution in [-0.2, 0) is 9.53 Å². The number of ether oxygens (including phenoxy) is 1. The molecule has 1 heterocycles. The minimum Gasteiger partial charge on any atom is -0.463 e. The van der Waals surface area contributed by atoms with Gasteiger partial charge in [0.15, 0.2) is 0 Å². The van der Waals surface area contributed by atoms with Crippen molar-refractivity contribution in [3.05, 3.63) is 23.3 Å². The fourth-order valence-electron chi connectivity index (χ4n) is 2.43. The van der Waals surface area contributed by atoms with Gasteiger partial charge in [-0.3, -0.25) is 0 Å². The van der Waals surface area contributed by atoms with Crippen LogP contribution in [0.4, 0.5) is 0 Å². The first-order valence-corrected chi connectivity index (χ1v) is 8.96. The van der Waals surface area contributed by atoms with Crippen molar-refractivity contribution >= 4 is 17.7 Å². The third kappa shape index (κ3) is 6.73. The summed E-state index contributed by atoms with van der Waals surface area (Å²) < 4.78 is 5.46. The number of carbonyl (C=O) groups excluding carboxylic acids is 1. The van der Waals surface area contributed by atoms with Gasteiger partial charge in [0.1, 0.15) is 0 Å². The molecule has 0 aromatic carbocycles. The van der Waals surface area contributed by atoms with Crippen molar-refractivity contribution < 1.29 is 9.53 Å². The third-order valence-electron chi connectivity index (χ3n) is 4.22. The molecule has 1 aliphatic heterocycles. The molecule has 2 nitrogen and oxygen atoms in total. The van der Waals surface area contributed by atoms with Crippen LogP contribution < -0.4 is 0 Å². The highest BCUT2D eigenvalue weighted by atomic mass is 32.2. The van der Waals surface area contributed by atoms with Gasteiger partial charge >= 0.3 is 5.97 Å². The van der Waals surface area contributed by atoms with E-state index >= 15 is 0 Å². The Bertz CT molecular complexity index is 411. The van der Waals surface area contributed by atoms with Crippen molar-refractivity contribution in [3.63, 3.8) is 0 Å². The molecule has 3 heteroatoms. The fraction of sp³-hybridized carbons (Fsp3) is 0.722. The number of hydrogen-bond donors (Lipinski definition) is 0. The van der Waals surface area contributed by atoms with Crippen LogP contribution in [0, 0.1) is 0 Å². The summed E-state index contributed by atoms with van der Waals surface area (Å²) in [5.74, 6) is -0.222. The normalized spacial score (nSPS) is 25.9. The zero-order valence-corrected chi connectivity index (χ0v) is 15.0. The van der Waals surface area contributed by atoms with Crippen LogP contribution in [0.15, 0.2) is 23.3 Å². The molecule has 2 unspecified atom stereocenters. The molecular weight excluding hydrogens is 280 g/mol. The minimum atomic E-state index is -0.222. The molecule has 0 bridgehead atoms. The second-order valence-corrected chi connectivity index (χ2v) is 7.88. The van der Waals surface area contributed by atoms with Crippen LogP contribution in [-0.4, -0.2) is 22.6 Å². The molecule has 2 atom stereocenters. The van der Waals surface area contributed by atoms with Crippen LogP contribution >= 0.6 is 11.8 Å². The zero-order valence-electron chi connectivity index (χ0n) is 14.2. The Morgan fingerprint density at radius 2 is 1.95 bits per heavy atom. The Morgan fingerprint density at radius 3 is 2.52 bits per heavy atom. The average Bonchev–Trinajstić information content (AvgIpc) is 3.08. The van der Waals surface area contributed by atoms with E-state index < -0.39 is 0 Å². The van der Waals surface area contributed by atoms with Crippen molar-refractivity contribution in [3.8, 4) is 0 Å². The summed E-state index contributed by atoms with van der Waals surface area (Å²) in [6.45, 7) is 11.2. The Balaban J connectivity index is 2.22. The van der Waals surface area contributed by atoms with E-state index in [0.717, 1.165) is 23.7 Å². The molecule has 0 aromatic heterocycles. The van der Waals surface area contributed by atoms with E-state index in [2.05, 4.69) is 38.6 Å². The van der Waals surface area contributed by atoms with Crippen molar-refractivity contribution in [1.29, 1.82) is 0 Å². The third-order valence-corrected chi connectivity index (χ3v) is 6.12. The van der Waals surface area contributed by atoms with E-state index in [-0.39, 0.29) is 5.97 Å². The lowest BCUT2D eigenvalue weighted by molar-refractivity contribution is -0.137. The van der Waals surface area contributed by atoms with E-state index in [0.29, 0.717) is 11.4 Å². The smallest absolute Gasteiger partial charge is 0.330 e. The van der Waals surface area contributed by atoms with Gasteiger partial charge in [0.25, 0.3) is 0 Å². The number of thioether (sulfide) groups is 1. The molecule has 0 aromatic rings. The second kappa shape index (κ2) is 8.67. The molecule has 0 radical (unpaired) electrons. The van der Waals surface area contributed by atoms with Crippen LogP contribution in [0.25, 0.3) is 0 Å². The van der Waals surface area contributed by atoms with Gasteiger partial charge in [0.2, 0.25) is 0 Å². The number of allylic oxidation sites excluding steroid dienone is 3. The summed E-state index contributed by atoms with van der Waals surface area (Å²) in [5.41, 5.74) is 2.57. The maximum absolute atomic E-state index is 11.3. The molecule has 1 rings (SSSR count). The lowest BCUT2D eigenvalue weighted by Gasteiger charge is -2.05. The molecule has 21 heavy (non-hydrogen) atoms. The molecule has 0 amide bonds. The van der Waals surface area contributed by atoms with Crippen LogP contribution in [0.2, 0.25) is 0 Å². The highest BCUT2D eigenvalue weighted by Crippen LogP contribution is 2.57. The first-order valence-electron chi connectivity index (χ1n) is 8.08. The summed E-state index contributed by atoms with van der Waals surface area (Å²) in [6.07, 6.45) is 9.66. The lowest BCUT2D eigenvalue weighted by atomic mass is 9.99. The maximum Gasteiger partial charge on any atom is 0.330 e. The van der Waals surface area contributed by atoms with Gasteiger partial charge in [-0.1, -0.05) is 24.1 Å². The minimum absolute atomic E-state index is 0.222. The number of hydrogen-bond acceptors (Lipinski definition) is 3. The quantitative estimate of drug-likeness (QED) is 0.251. The summed E-state index contributed by atoms with van der Waals surface area (Å²) in [5, 5.41) is 0.858. The number of carbonyl (C=O) groups is 1. The molecular formula is C18H30O2S. The van der Waals surface area contributed by atoms with Crippen molar-refractivity contribution in [1.82, 2.24) is 0 Å². The molecule has 1 fully saturated rings. The predicted octanol–water partition coefficient (Wildman–Crippen LogP) is 5.29. The molecule has 1 aliphatic rings. The first kappa shape index (κ1) is 18.3. The Morgan fingerprint density at radius 1 is 1.24 bits per heavy atom. The second-order valence-electron chi connectivity index (χ2n) is 6.14. The van der Waals surface area contributed by atoms with E-state index in [1.54, 1.807) is 6.08 Å². The molecule has 0 N–H and O–H groups in total. The monoisotopic (exact) mass is 310 g/mol. The van der Waals surface area contributed by atoms with E-state index in [1.807, 2.05) is 13.8 Å². The molecule has 120 valence electrons. The van der Waals surface area contributed by atoms with E-state index in [9.17, 15) is 4.79 Å². The van der Waals surface area contributed by atoms with Gasteiger partial charge < -0.3 is 4.74 Å². The van der Waals surface area contributed by atoms with Crippen molar-refractivity contribution in [2.45, 2.75) is 76.7 Å². The zero-order chi connectivity index (χ0) is 15.9. The largest absolute Gasteiger partial charge is 0.463 e. The Kier molecular flexibility index (Phi) is 7.58. The summed E-state index contributed by atoms with van der Waals surface area (Å²) >= 11 is 2.13. The highest BCUT2D eigenvalue weighted by molar-refractivity contribution is 8.08.